The average molecular weight is 337 g/mol. The summed E-state index contributed by atoms with van der Waals surface area (Å²) in [6.07, 6.45) is 6.10. The molecule has 0 heterocycles. The topological polar surface area (TPSA) is 46.5 Å². The predicted octanol–water partition coefficient (Wildman–Crippen LogP) is 3.05. The molecule has 0 saturated carbocycles. The molecule has 1 atom stereocenters. The summed E-state index contributed by atoms with van der Waals surface area (Å²) in [6, 6.07) is 0. The third-order valence-corrected chi connectivity index (χ3v) is 1.94. The zero-order valence-electron chi connectivity index (χ0n) is 12.0. The van der Waals surface area contributed by atoms with E-state index >= 15 is 0 Å². The van der Waals surface area contributed by atoms with Crippen molar-refractivity contribution in [3.05, 3.63) is 0 Å². The van der Waals surface area contributed by atoms with Gasteiger partial charge in [0, 0.05) is 46.7 Å². The molecule has 109 valence electrons. The monoisotopic (exact) mass is 337 g/mol. The number of carbonyl (C=O) groups is 1. The first-order valence-corrected chi connectivity index (χ1v) is 6.12. The average Bonchev–Trinajstić information content (AvgIpc) is 2.29. The second-order valence-electron chi connectivity index (χ2n) is 3.61. The maximum atomic E-state index is 9.40. The minimum Gasteiger partial charge on any atom is -0.396 e. The fraction of sp³-hybridized carbons (Fsp3) is 0.923. The van der Waals surface area contributed by atoms with Crippen molar-refractivity contribution in [2.24, 2.45) is 5.92 Å². The molecule has 0 spiro atoms. The van der Waals surface area contributed by atoms with E-state index in [0.29, 0.717) is 18.9 Å². The largest absolute Gasteiger partial charge is 0.396 e. The van der Waals surface area contributed by atoms with Crippen molar-refractivity contribution in [2.45, 2.75) is 52.9 Å². The fourth-order valence-corrected chi connectivity index (χ4v) is 0.951. The van der Waals surface area contributed by atoms with Crippen LogP contribution in [0.1, 0.15) is 52.9 Å². The van der Waals surface area contributed by atoms with E-state index in [1.54, 1.807) is 14.2 Å². The number of ether oxygens (including phenoxy) is 1. The Hall–Kier alpha value is 0.213. The Bertz CT molecular complexity index is 107. The zero-order valence-corrected chi connectivity index (χ0v) is 13.6. The van der Waals surface area contributed by atoms with Gasteiger partial charge >= 0.3 is 0 Å². The molecule has 0 aromatic carbocycles. The molecule has 0 aliphatic heterocycles. The summed E-state index contributed by atoms with van der Waals surface area (Å²) < 4.78 is 4.25. The molecule has 1 N–H and O–H groups in total. The van der Waals surface area contributed by atoms with E-state index in [-0.39, 0.29) is 19.5 Å². The number of hydrogen-bond acceptors (Lipinski definition) is 3. The van der Waals surface area contributed by atoms with Crippen LogP contribution in [0.4, 0.5) is 0 Å². The summed E-state index contributed by atoms with van der Waals surface area (Å²) >= 11 is 0. The molecule has 0 bridgehead atoms. The van der Waals surface area contributed by atoms with Crippen LogP contribution in [-0.2, 0) is 29.0 Å². The van der Waals surface area contributed by atoms with Crippen molar-refractivity contribution in [3.63, 3.8) is 0 Å². The zero-order chi connectivity index (χ0) is 13.2. The van der Waals surface area contributed by atoms with E-state index in [0.717, 1.165) is 19.1 Å². The van der Waals surface area contributed by atoms with Crippen molar-refractivity contribution in [1.82, 2.24) is 0 Å². The Kier molecular flexibility index (Phi) is 45.5. The molecule has 0 amide bonds. The maximum Gasteiger partial charge on any atom is 0.119 e. The van der Waals surface area contributed by atoms with Gasteiger partial charge in [-0.05, 0) is 18.8 Å². The molecule has 0 aromatic rings. The summed E-state index contributed by atoms with van der Waals surface area (Å²) in [5.74, 6) is 0.556. The molecule has 17 heavy (non-hydrogen) atoms. The predicted molar refractivity (Wildman–Crippen MR) is 69.7 cm³/mol. The molecule has 0 aromatic heterocycles. The van der Waals surface area contributed by atoms with Crippen molar-refractivity contribution in [3.8, 4) is 0 Å². The number of unbranched alkanes of at least 4 members (excludes halogenated alkanes) is 1. The Morgan fingerprint density at radius 3 is 1.71 bits per heavy atom. The van der Waals surface area contributed by atoms with Gasteiger partial charge < -0.3 is 14.6 Å². The molecule has 1 unspecified atom stereocenters. The summed E-state index contributed by atoms with van der Waals surface area (Å²) in [6.45, 7) is 6.62. The molecule has 0 rings (SSSR count). The van der Waals surface area contributed by atoms with Crippen LogP contribution >= 0.6 is 0 Å². The molecular weight excluding hydrogens is 307 g/mol. The van der Waals surface area contributed by atoms with Gasteiger partial charge in [-0.25, -0.2) is 0 Å². The normalized spacial score (nSPS) is 9.76. The molecule has 1 radical (unpaired) electrons. The summed E-state index contributed by atoms with van der Waals surface area (Å²) in [5.41, 5.74) is 0. The van der Waals surface area contributed by atoms with Crippen molar-refractivity contribution >= 4 is 6.29 Å². The van der Waals surface area contributed by atoms with E-state index in [2.05, 4.69) is 18.6 Å². The number of rotatable bonds is 6. The van der Waals surface area contributed by atoms with Crippen LogP contribution in [0, 0.1) is 5.92 Å². The van der Waals surface area contributed by atoms with Gasteiger partial charge in [-0.15, -0.1) is 0 Å². The SMILES string of the molecule is CCCC(CC)CO.CCCC=O.COC.[Rh]. The number of carbonyl (C=O) groups excluding carboxylic acids is 1. The van der Waals surface area contributed by atoms with Gasteiger partial charge in [0.2, 0.25) is 0 Å². The first-order chi connectivity index (χ1) is 7.67. The van der Waals surface area contributed by atoms with Crippen LogP contribution < -0.4 is 0 Å². The molecule has 0 fully saturated rings. The molecule has 0 saturated heterocycles. The van der Waals surface area contributed by atoms with Crippen LogP contribution in [0.3, 0.4) is 0 Å². The second kappa shape index (κ2) is 29.8. The van der Waals surface area contributed by atoms with Crippen LogP contribution in [0.15, 0.2) is 0 Å². The van der Waals surface area contributed by atoms with Gasteiger partial charge in [0.15, 0.2) is 0 Å². The third-order valence-electron chi connectivity index (χ3n) is 1.94. The quantitative estimate of drug-likeness (QED) is 0.599. The van der Waals surface area contributed by atoms with Crippen LogP contribution in [-0.4, -0.2) is 32.2 Å². The smallest absolute Gasteiger partial charge is 0.119 e. The van der Waals surface area contributed by atoms with Gasteiger partial charge in [-0.1, -0.05) is 33.6 Å². The van der Waals surface area contributed by atoms with Crippen molar-refractivity contribution in [2.75, 3.05) is 20.8 Å². The van der Waals surface area contributed by atoms with Crippen LogP contribution in [0.5, 0.6) is 0 Å². The molecule has 3 nitrogen and oxygen atoms in total. The molecule has 4 heteroatoms. The molecule has 0 aliphatic rings. The molecular formula is C13H30O3Rh. The first-order valence-electron chi connectivity index (χ1n) is 6.12. The minimum absolute atomic E-state index is 0. The van der Waals surface area contributed by atoms with Gasteiger partial charge in [-0.3, -0.25) is 0 Å². The van der Waals surface area contributed by atoms with Gasteiger partial charge in [0.1, 0.15) is 6.29 Å². The molecule has 0 aliphatic carbocycles. The second-order valence-corrected chi connectivity index (χ2v) is 3.61. The Morgan fingerprint density at radius 1 is 1.18 bits per heavy atom. The van der Waals surface area contributed by atoms with Gasteiger partial charge in [0.25, 0.3) is 0 Å². The first kappa shape index (κ1) is 25.9. The summed E-state index contributed by atoms with van der Waals surface area (Å²) in [5, 5.41) is 8.66. The number of aliphatic hydroxyl groups excluding tert-OH is 1. The Balaban J connectivity index is -0.0000000815. The maximum absolute atomic E-state index is 9.40. The standard InChI is InChI=1S/C7H16O.C4H8O.C2H6O.Rh/c1-3-5-7(4-2)6-8;1-2-3-4-5;1-3-2;/h7-8H,3-6H2,1-2H3;4H,2-3H2,1H3;1-2H3;. The van der Waals surface area contributed by atoms with Crippen LogP contribution in [0.2, 0.25) is 0 Å². The van der Waals surface area contributed by atoms with Crippen molar-refractivity contribution in [1.29, 1.82) is 0 Å². The van der Waals surface area contributed by atoms with Crippen LogP contribution in [0.25, 0.3) is 0 Å². The van der Waals surface area contributed by atoms with E-state index in [1.807, 2.05) is 6.92 Å². The van der Waals surface area contributed by atoms with E-state index in [4.69, 9.17) is 5.11 Å². The number of hydrogen-bond donors (Lipinski definition) is 1. The number of aldehydes is 1. The summed E-state index contributed by atoms with van der Waals surface area (Å²) in [4.78, 5) is 9.40. The summed E-state index contributed by atoms with van der Waals surface area (Å²) in [7, 11) is 3.25. The Labute approximate surface area is 120 Å². The van der Waals surface area contributed by atoms with Gasteiger partial charge in [0.05, 0.1) is 0 Å². The van der Waals surface area contributed by atoms with E-state index < -0.39 is 0 Å². The number of aliphatic hydroxyl groups is 1. The fourth-order valence-electron chi connectivity index (χ4n) is 0.951. The van der Waals surface area contributed by atoms with Crippen molar-refractivity contribution < 1.29 is 34.1 Å². The third kappa shape index (κ3) is 38.6. The van der Waals surface area contributed by atoms with E-state index in [9.17, 15) is 4.79 Å². The number of methoxy groups -OCH3 is 1. The Morgan fingerprint density at radius 2 is 1.65 bits per heavy atom. The minimum atomic E-state index is 0. The van der Waals surface area contributed by atoms with E-state index in [1.165, 1.54) is 12.8 Å². The van der Waals surface area contributed by atoms with Gasteiger partial charge in [-0.2, -0.15) is 0 Å².